The third-order valence-electron chi connectivity index (χ3n) is 14.6. The smallest absolute Gasteiger partial charge is 0.346 e. The van der Waals surface area contributed by atoms with Crippen molar-refractivity contribution in [3.05, 3.63) is 313 Å². The van der Waals surface area contributed by atoms with Crippen LogP contribution < -0.4 is 4.90 Å². The molecule has 0 heterocycles. The quantitative estimate of drug-likeness (QED) is 0.0355. The number of carbonyl (C=O) groups is 4. The Labute approximate surface area is 511 Å². The minimum Gasteiger partial charge on any atom is -0.477 e. The number of carboxylic acids is 4. The summed E-state index contributed by atoms with van der Waals surface area (Å²) in [5.74, 6) is -5.38. The number of aliphatic carboxylic acids is 4. The maximum Gasteiger partial charge on any atom is 0.346 e. The van der Waals surface area contributed by atoms with Crippen molar-refractivity contribution < 1.29 is 39.6 Å². The van der Waals surface area contributed by atoms with Gasteiger partial charge in [0.25, 0.3) is 0 Å². The second-order valence-electron chi connectivity index (χ2n) is 20.3. The molecule has 0 aromatic heterocycles. The van der Waals surface area contributed by atoms with Crippen molar-refractivity contribution in [3.8, 4) is 35.4 Å². The zero-order chi connectivity index (χ0) is 62.6. The van der Waals surface area contributed by atoms with Gasteiger partial charge >= 0.3 is 23.9 Å². The average molecular weight is 1160 g/mol. The second-order valence-corrected chi connectivity index (χ2v) is 20.3. The predicted octanol–water partition coefficient (Wildman–Crippen LogP) is 15.9. The maximum absolute atomic E-state index is 11.7. The van der Waals surface area contributed by atoms with Gasteiger partial charge in [-0.05, 0) is 179 Å². The number of carboxylic acid groups (broad SMARTS) is 4. The molecule has 9 aromatic carbocycles. The average Bonchev–Trinajstić information content (AvgIpc) is 3.57. The number of rotatable bonds is 18. The van der Waals surface area contributed by atoms with Crippen LogP contribution in [0, 0.1) is 45.3 Å². The number of benzene rings is 9. The number of hydrogen-bond acceptors (Lipinski definition) is 9. The summed E-state index contributed by atoms with van der Waals surface area (Å²) in [5, 5.41) is 75.7. The van der Waals surface area contributed by atoms with E-state index in [1.165, 1.54) is 35.4 Å². The normalized spacial score (nSPS) is 11.7. The lowest BCUT2D eigenvalue weighted by Crippen LogP contribution is -2.09. The highest BCUT2D eigenvalue weighted by Gasteiger charge is 2.23. The van der Waals surface area contributed by atoms with Gasteiger partial charge in [-0.15, -0.1) is 0 Å². The largest absolute Gasteiger partial charge is 0.477 e. The Bertz CT molecular complexity index is 4240. The molecular formula is C76H47N5O8. The molecule has 0 unspecified atom stereocenters. The number of fused-ring (bicyclic) bond motifs is 3. The van der Waals surface area contributed by atoms with Crippen LogP contribution in [0.3, 0.4) is 0 Å². The summed E-state index contributed by atoms with van der Waals surface area (Å²) < 4.78 is 0. The molecule has 9 aromatic rings. The van der Waals surface area contributed by atoms with E-state index in [1.54, 1.807) is 72.8 Å². The lowest BCUT2D eigenvalue weighted by molar-refractivity contribution is -0.133. The van der Waals surface area contributed by atoms with Crippen molar-refractivity contribution in [1.29, 1.82) is 21.0 Å². The molecule has 89 heavy (non-hydrogen) atoms. The molecule has 0 atom stereocenters. The Balaban J connectivity index is 1.06. The van der Waals surface area contributed by atoms with Crippen LogP contribution in [0.25, 0.3) is 70.4 Å². The van der Waals surface area contributed by atoms with Crippen LogP contribution in [0.5, 0.6) is 0 Å². The van der Waals surface area contributed by atoms with Crippen molar-refractivity contribution in [2.75, 3.05) is 4.90 Å². The second kappa shape index (κ2) is 26.6. The highest BCUT2D eigenvalue weighted by atomic mass is 16.4. The van der Waals surface area contributed by atoms with E-state index in [2.05, 4.69) is 71.6 Å². The van der Waals surface area contributed by atoms with Crippen molar-refractivity contribution in [3.63, 3.8) is 0 Å². The van der Waals surface area contributed by atoms with Gasteiger partial charge in [0.2, 0.25) is 0 Å². The predicted molar refractivity (Wildman–Crippen MR) is 345 cm³/mol. The van der Waals surface area contributed by atoms with E-state index in [4.69, 9.17) is 0 Å². The van der Waals surface area contributed by atoms with Crippen LogP contribution in [0.15, 0.2) is 241 Å². The molecule has 10 rings (SSSR count). The van der Waals surface area contributed by atoms with Gasteiger partial charge in [-0.2, -0.15) is 21.0 Å². The molecule has 0 bridgehead atoms. The van der Waals surface area contributed by atoms with Gasteiger partial charge in [-0.1, -0.05) is 182 Å². The molecule has 0 spiro atoms. The van der Waals surface area contributed by atoms with Crippen molar-refractivity contribution in [1.82, 2.24) is 0 Å². The standard InChI is InChI=1S/C76H47N5O8/c77-44-59(73(82)83)37-48-9-23-55(24-10-48)70(56-25-11-49(12-26-56)38-60(45-78)74(84)85)41-52-17-31-63(32-18-52)81(65-35-21-54(22-36-65)43-72-68-7-3-1-5-66(68)67-6-2-4-8-69(67)72)64-33-19-53(20-34-64)42-71(57-27-13-50(14-28-57)39-61(46-79)75(86)87)58-29-15-51(16-30-58)40-62(47-80)76(88)89/h1-43H,(H,82,83)(H,84,85)(H,86,87)(H,88,89)/b59-37+,60-38+,61-39+,62-40+. The summed E-state index contributed by atoms with van der Waals surface area (Å²) in [6.07, 6.45) is 11.3. The first-order valence-corrected chi connectivity index (χ1v) is 27.5. The molecule has 13 heteroatoms. The first kappa shape index (κ1) is 59.0. The molecule has 13 nitrogen and oxygen atoms in total. The van der Waals surface area contributed by atoms with Crippen LogP contribution in [0.2, 0.25) is 0 Å². The highest BCUT2D eigenvalue weighted by Crippen LogP contribution is 2.45. The molecule has 0 aliphatic heterocycles. The van der Waals surface area contributed by atoms with E-state index < -0.39 is 46.2 Å². The van der Waals surface area contributed by atoms with Crippen molar-refractivity contribution in [2.45, 2.75) is 0 Å². The van der Waals surface area contributed by atoms with E-state index in [9.17, 15) is 60.7 Å². The Morgan fingerprint density at radius 2 is 0.517 bits per heavy atom. The zero-order valence-electron chi connectivity index (χ0n) is 47.0. The van der Waals surface area contributed by atoms with Crippen LogP contribution in [0.1, 0.15) is 72.3 Å². The number of nitrogens with zero attached hydrogens (tertiary/aromatic N) is 5. The third kappa shape index (κ3) is 13.6. The van der Waals surface area contributed by atoms with Gasteiger partial charge < -0.3 is 25.3 Å². The van der Waals surface area contributed by atoms with Crippen LogP contribution in [-0.4, -0.2) is 44.3 Å². The minimum atomic E-state index is -1.35. The minimum absolute atomic E-state index is 0.418. The summed E-state index contributed by atoms with van der Waals surface area (Å²) in [4.78, 5) is 48.7. The van der Waals surface area contributed by atoms with Crippen LogP contribution in [-0.2, 0) is 19.2 Å². The first-order chi connectivity index (χ1) is 43.2. The molecule has 4 N–H and O–H groups in total. The Kier molecular flexibility index (Phi) is 17.6. The molecule has 0 radical (unpaired) electrons. The molecule has 424 valence electrons. The lowest BCUT2D eigenvalue weighted by Gasteiger charge is -2.26. The van der Waals surface area contributed by atoms with Gasteiger partial charge in [0.1, 0.15) is 46.6 Å². The Hall–Kier alpha value is -13.2. The summed E-state index contributed by atoms with van der Waals surface area (Å²) in [5.41, 5.74) is 15.8. The molecule has 1 aliphatic rings. The number of nitriles is 4. The monoisotopic (exact) mass is 1160 g/mol. The lowest BCUT2D eigenvalue weighted by atomic mass is 9.93. The number of anilines is 3. The molecule has 0 amide bonds. The first-order valence-electron chi connectivity index (χ1n) is 27.5. The van der Waals surface area contributed by atoms with E-state index in [0.29, 0.717) is 22.3 Å². The summed E-state index contributed by atoms with van der Waals surface area (Å²) in [6.45, 7) is 0. The highest BCUT2D eigenvalue weighted by molar-refractivity contribution is 6.07. The van der Waals surface area contributed by atoms with Crippen LogP contribution >= 0.6 is 0 Å². The van der Waals surface area contributed by atoms with Crippen LogP contribution in [0.4, 0.5) is 17.1 Å². The fourth-order valence-corrected chi connectivity index (χ4v) is 10.2. The van der Waals surface area contributed by atoms with E-state index in [0.717, 1.165) is 83.9 Å². The molecule has 0 fully saturated rings. The molecular weight excluding hydrogens is 1110 g/mol. The topological polar surface area (TPSA) is 248 Å². The fraction of sp³-hybridized carbons (Fsp3) is 0. The molecule has 1 aliphatic carbocycles. The summed E-state index contributed by atoms with van der Waals surface area (Å²) >= 11 is 0. The van der Waals surface area contributed by atoms with E-state index in [-0.39, 0.29) is 0 Å². The molecule has 0 saturated heterocycles. The SMILES string of the molecule is N#C/C(=C\c1ccc(C(=Cc2ccc(N(c3ccc(C=C(c4ccc(/C=C(\C#N)C(=O)O)cc4)c4ccc(/C=C(\C#N)C(=O)O)cc4)cc3)c3ccc(C=C4c5ccccc5-c5ccccc54)cc3)cc2)c2ccc(/C=C(\C#N)C(=O)O)cc2)cc1)C(=O)O. The Morgan fingerprint density at radius 1 is 0.292 bits per heavy atom. The maximum atomic E-state index is 11.7. The Morgan fingerprint density at radius 3 is 0.764 bits per heavy atom. The number of hydrogen-bond donors (Lipinski definition) is 4. The fourth-order valence-electron chi connectivity index (χ4n) is 10.2. The van der Waals surface area contributed by atoms with Gasteiger partial charge in [0, 0.05) is 17.1 Å². The van der Waals surface area contributed by atoms with Gasteiger partial charge in [0.15, 0.2) is 0 Å². The van der Waals surface area contributed by atoms with Crippen molar-refractivity contribution >= 4 is 100 Å². The molecule has 0 saturated carbocycles. The van der Waals surface area contributed by atoms with Gasteiger partial charge in [-0.3, -0.25) is 0 Å². The summed E-state index contributed by atoms with van der Waals surface area (Å²) in [7, 11) is 0. The summed E-state index contributed by atoms with van der Waals surface area (Å²) in [6, 6.07) is 76.2. The van der Waals surface area contributed by atoms with Crippen molar-refractivity contribution in [2.24, 2.45) is 0 Å². The third-order valence-corrected chi connectivity index (χ3v) is 14.6. The van der Waals surface area contributed by atoms with Gasteiger partial charge in [-0.25, -0.2) is 19.2 Å². The van der Waals surface area contributed by atoms with Gasteiger partial charge in [0.05, 0.1) is 0 Å². The van der Waals surface area contributed by atoms with E-state index in [1.807, 2.05) is 121 Å². The van der Waals surface area contributed by atoms with E-state index >= 15 is 0 Å². The zero-order valence-corrected chi connectivity index (χ0v) is 47.0.